The van der Waals surface area contributed by atoms with Gasteiger partial charge in [0, 0.05) is 25.2 Å². The molecule has 0 aromatic carbocycles. The number of piperidine rings is 1. The maximum atomic E-state index is 6.00. The van der Waals surface area contributed by atoms with Gasteiger partial charge < -0.3 is 10.6 Å². The molecule has 2 N–H and O–H groups in total. The highest BCUT2D eigenvalue weighted by Gasteiger charge is 2.25. The van der Waals surface area contributed by atoms with E-state index in [1.54, 1.807) is 0 Å². The average molecular weight is 269 g/mol. The maximum absolute atomic E-state index is 6.00. The van der Waals surface area contributed by atoms with Crippen LogP contribution in [0, 0.1) is 0 Å². The average Bonchev–Trinajstić information content (AvgIpc) is 2.42. The molecule has 0 saturated carbocycles. The largest absolute Gasteiger partial charge is 0.329 e. The van der Waals surface area contributed by atoms with Crippen molar-refractivity contribution in [2.75, 3.05) is 33.7 Å². The van der Waals surface area contributed by atoms with Crippen LogP contribution in [0.5, 0.6) is 0 Å². The molecule has 0 aromatic heterocycles. The van der Waals surface area contributed by atoms with Crippen molar-refractivity contribution in [2.24, 2.45) is 5.73 Å². The molecule has 1 aliphatic heterocycles. The Kier molecular flexibility index (Phi) is 8.67. The Balaban J connectivity index is 2.27. The highest BCUT2D eigenvalue weighted by atomic mass is 15.2. The first-order chi connectivity index (χ1) is 9.19. The van der Waals surface area contributed by atoms with Crippen LogP contribution in [-0.4, -0.2) is 55.6 Å². The molecule has 1 heterocycles. The van der Waals surface area contributed by atoms with Gasteiger partial charge in [0.15, 0.2) is 0 Å². The fourth-order valence-electron chi connectivity index (χ4n) is 3.24. The minimum Gasteiger partial charge on any atom is -0.329 e. The highest BCUT2D eigenvalue weighted by Crippen LogP contribution is 2.18. The van der Waals surface area contributed by atoms with E-state index in [0.29, 0.717) is 12.1 Å². The number of hydrogen-bond acceptors (Lipinski definition) is 3. The predicted octanol–water partition coefficient (Wildman–Crippen LogP) is 2.70. The van der Waals surface area contributed by atoms with Crippen LogP contribution in [0.3, 0.4) is 0 Å². The number of rotatable bonds is 9. The molecule has 2 atom stereocenters. The molecule has 0 aromatic rings. The van der Waals surface area contributed by atoms with E-state index in [1.165, 1.54) is 64.5 Å². The summed E-state index contributed by atoms with van der Waals surface area (Å²) < 4.78 is 0. The lowest BCUT2D eigenvalue weighted by molar-refractivity contribution is 0.0962. The zero-order valence-corrected chi connectivity index (χ0v) is 13.4. The van der Waals surface area contributed by atoms with Gasteiger partial charge in [-0.1, -0.05) is 39.0 Å². The van der Waals surface area contributed by atoms with E-state index >= 15 is 0 Å². The van der Waals surface area contributed by atoms with Gasteiger partial charge in [0.1, 0.15) is 0 Å². The van der Waals surface area contributed by atoms with Gasteiger partial charge in [-0.25, -0.2) is 0 Å². The molecule has 1 rings (SSSR count). The van der Waals surface area contributed by atoms with Crippen molar-refractivity contribution >= 4 is 0 Å². The van der Waals surface area contributed by atoms with Gasteiger partial charge in [-0.15, -0.1) is 0 Å². The topological polar surface area (TPSA) is 32.5 Å². The Hall–Kier alpha value is -0.120. The number of likely N-dealkylation sites (tertiary alicyclic amines) is 1. The van der Waals surface area contributed by atoms with Crippen LogP contribution >= 0.6 is 0 Å². The number of unbranched alkanes of at least 4 members (excludes halogenated alkanes) is 4. The number of nitrogens with two attached hydrogens (primary N) is 1. The molecular weight excluding hydrogens is 234 g/mol. The lowest BCUT2D eigenvalue weighted by Gasteiger charge is -2.39. The third kappa shape index (κ3) is 6.24. The number of hydrogen-bond donors (Lipinski definition) is 1. The molecule has 3 heteroatoms. The molecule has 1 aliphatic rings. The minimum atomic E-state index is 0.582. The molecule has 3 nitrogen and oxygen atoms in total. The van der Waals surface area contributed by atoms with Gasteiger partial charge in [-0.3, -0.25) is 4.90 Å². The van der Waals surface area contributed by atoms with E-state index in [2.05, 4.69) is 30.8 Å². The van der Waals surface area contributed by atoms with Crippen molar-refractivity contribution in [1.29, 1.82) is 0 Å². The van der Waals surface area contributed by atoms with Crippen molar-refractivity contribution in [2.45, 2.75) is 70.4 Å². The van der Waals surface area contributed by atoms with Crippen molar-refractivity contribution in [3.8, 4) is 0 Å². The summed E-state index contributed by atoms with van der Waals surface area (Å²) in [6, 6.07) is 1.29. The first kappa shape index (κ1) is 16.9. The van der Waals surface area contributed by atoms with E-state index in [-0.39, 0.29) is 0 Å². The van der Waals surface area contributed by atoms with Gasteiger partial charge in [0.25, 0.3) is 0 Å². The third-order valence-corrected chi connectivity index (χ3v) is 4.66. The normalized spacial score (nSPS) is 22.9. The molecule has 1 saturated heterocycles. The Bertz CT molecular complexity index is 220. The van der Waals surface area contributed by atoms with E-state index < -0.39 is 0 Å². The standard InChI is InChI=1S/C16H35N3/c1-4-5-6-7-8-10-15(13-17)19(3)16-11-9-12-18(2)14-16/h15-16H,4-14,17H2,1-3H3. The van der Waals surface area contributed by atoms with E-state index in [9.17, 15) is 0 Å². The van der Waals surface area contributed by atoms with Crippen LogP contribution in [0.2, 0.25) is 0 Å². The SMILES string of the molecule is CCCCCCCC(CN)N(C)C1CCCN(C)C1. The highest BCUT2D eigenvalue weighted by molar-refractivity contribution is 4.82. The molecule has 114 valence electrons. The zero-order chi connectivity index (χ0) is 14.1. The van der Waals surface area contributed by atoms with Gasteiger partial charge >= 0.3 is 0 Å². The van der Waals surface area contributed by atoms with Gasteiger partial charge in [-0.05, 0) is 39.9 Å². The Morgan fingerprint density at radius 3 is 2.63 bits per heavy atom. The smallest absolute Gasteiger partial charge is 0.0223 e. The molecule has 0 aliphatic carbocycles. The summed E-state index contributed by atoms with van der Waals surface area (Å²) in [4.78, 5) is 5.02. The van der Waals surface area contributed by atoms with Crippen LogP contribution in [0.25, 0.3) is 0 Å². The van der Waals surface area contributed by atoms with Crippen molar-refractivity contribution in [1.82, 2.24) is 9.80 Å². The summed E-state index contributed by atoms with van der Waals surface area (Å²) >= 11 is 0. The summed E-state index contributed by atoms with van der Waals surface area (Å²) in [6.45, 7) is 5.55. The molecular formula is C16H35N3. The van der Waals surface area contributed by atoms with Crippen LogP contribution in [0.15, 0.2) is 0 Å². The predicted molar refractivity (Wildman–Crippen MR) is 84.5 cm³/mol. The number of nitrogens with zero attached hydrogens (tertiary/aromatic N) is 2. The monoisotopic (exact) mass is 269 g/mol. The van der Waals surface area contributed by atoms with Crippen LogP contribution in [0.1, 0.15) is 58.3 Å². The maximum Gasteiger partial charge on any atom is 0.0223 e. The lowest BCUT2D eigenvalue weighted by atomic mass is 10.00. The summed E-state index contributed by atoms with van der Waals surface area (Å²) in [5.74, 6) is 0. The second kappa shape index (κ2) is 9.73. The van der Waals surface area contributed by atoms with Crippen LogP contribution in [-0.2, 0) is 0 Å². The summed E-state index contributed by atoms with van der Waals surface area (Å²) in [5.41, 5.74) is 6.00. The quantitative estimate of drug-likeness (QED) is 0.653. The molecule has 0 spiro atoms. The van der Waals surface area contributed by atoms with E-state index in [1.807, 2.05) is 0 Å². The second-order valence-electron chi connectivity index (χ2n) is 6.32. The number of likely N-dealkylation sites (N-methyl/N-ethyl adjacent to an activating group) is 2. The first-order valence-corrected chi connectivity index (χ1v) is 8.29. The van der Waals surface area contributed by atoms with Crippen molar-refractivity contribution in [3.05, 3.63) is 0 Å². The zero-order valence-electron chi connectivity index (χ0n) is 13.4. The second-order valence-corrected chi connectivity index (χ2v) is 6.32. The van der Waals surface area contributed by atoms with Gasteiger partial charge in [-0.2, -0.15) is 0 Å². The summed E-state index contributed by atoms with van der Waals surface area (Å²) in [7, 11) is 4.52. The van der Waals surface area contributed by atoms with E-state index in [0.717, 1.165) is 6.54 Å². The fourth-order valence-corrected chi connectivity index (χ4v) is 3.24. The summed E-state index contributed by atoms with van der Waals surface area (Å²) in [5, 5.41) is 0. The molecule has 0 bridgehead atoms. The Morgan fingerprint density at radius 2 is 2.00 bits per heavy atom. The first-order valence-electron chi connectivity index (χ1n) is 8.29. The van der Waals surface area contributed by atoms with E-state index in [4.69, 9.17) is 5.73 Å². The van der Waals surface area contributed by atoms with Crippen molar-refractivity contribution in [3.63, 3.8) is 0 Å². The Labute approximate surface area is 120 Å². The van der Waals surface area contributed by atoms with Crippen molar-refractivity contribution < 1.29 is 0 Å². The lowest BCUT2D eigenvalue weighted by Crippen LogP contribution is -2.50. The van der Waals surface area contributed by atoms with Gasteiger partial charge in [0.2, 0.25) is 0 Å². The molecule has 0 radical (unpaired) electrons. The molecule has 2 unspecified atom stereocenters. The minimum absolute atomic E-state index is 0.582. The molecule has 1 fully saturated rings. The van der Waals surface area contributed by atoms with Gasteiger partial charge in [0.05, 0.1) is 0 Å². The fraction of sp³-hybridized carbons (Fsp3) is 1.00. The molecule has 0 amide bonds. The Morgan fingerprint density at radius 1 is 1.26 bits per heavy atom. The van der Waals surface area contributed by atoms with Crippen LogP contribution in [0.4, 0.5) is 0 Å². The van der Waals surface area contributed by atoms with Crippen LogP contribution < -0.4 is 5.73 Å². The third-order valence-electron chi connectivity index (χ3n) is 4.66. The molecule has 19 heavy (non-hydrogen) atoms. The summed E-state index contributed by atoms with van der Waals surface area (Å²) in [6.07, 6.45) is 10.8.